The normalized spacial score (nSPS) is 12.5. The van der Waals surface area contributed by atoms with Crippen LogP contribution in [0.5, 0.6) is 0 Å². The molecule has 0 bridgehead atoms. The molecule has 28 heavy (non-hydrogen) atoms. The van der Waals surface area contributed by atoms with Crippen LogP contribution in [-0.4, -0.2) is 25.4 Å². The molecule has 5 rings (SSSR count). The van der Waals surface area contributed by atoms with Gasteiger partial charge in [-0.2, -0.15) is 0 Å². The van der Waals surface area contributed by atoms with Crippen molar-refractivity contribution in [3.05, 3.63) is 66.7 Å². The van der Waals surface area contributed by atoms with E-state index in [-0.39, 0.29) is 5.25 Å². The van der Waals surface area contributed by atoms with Gasteiger partial charge in [0.05, 0.1) is 10.8 Å². The summed E-state index contributed by atoms with van der Waals surface area (Å²) in [7, 11) is 0. The number of para-hydroxylation sites is 1. The van der Waals surface area contributed by atoms with Crippen LogP contribution in [-0.2, 0) is 0 Å². The minimum Gasteiger partial charge on any atom is -0.419 e. The maximum absolute atomic E-state index is 5.85. The Balaban J connectivity index is 1.35. The van der Waals surface area contributed by atoms with E-state index in [1.807, 2.05) is 67.7 Å². The number of nitrogens with zero attached hydrogens (tertiary/aromatic N) is 4. The third-order valence-electron chi connectivity index (χ3n) is 4.31. The molecule has 138 valence electrons. The van der Waals surface area contributed by atoms with Crippen molar-refractivity contribution in [3.8, 4) is 22.9 Å². The first kappa shape index (κ1) is 16.8. The number of nitrogens with one attached hydrogen (secondary N) is 1. The van der Waals surface area contributed by atoms with Gasteiger partial charge in [-0.15, -0.1) is 20.4 Å². The second-order valence-electron chi connectivity index (χ2n) is 6.19. The van der Waals surface area contributed by atoms with Gasteiger partial charge in [0, 0.05) is 22.7 Å². The molecule has 3 heterocycles. The number of rotatable bonds is 5. The minimum absolute atomic E-state index is 0.124. The molecule has 0 amide bonds. The molecule has 1 N–H and O–H groups in total. The van der Waals surface area contributed by atoms with Crippen LogP contribution in [0.1, 0.15) is 18.1 Å². The van der Waals surface area contributed by atoms with Crippen molar-refractivity contribution in [3.63, 3.8) is 0 Å². The monoisotopic (exact) mass is 389 g/mol. The SMILES string of the molecule is CC(Sc1nnc(-c2c[nH]c3ccccc23)o1)c1nnc(-c2ccccc2)o1. The van der Waals surface area contributed by atoms with Crippen molar-refractivity contribution in [2.75, 3.05) is 0 Å². The van der Waals surface area contributed by atoms with Gasteiger partial charge in [-0.05, 0) is 25.1 Å². The Labute approximate surface area is 164 Å². The van der Waals surface area contributed by atoms with Crippen molar-refractivity contribution in [2.24, 2.45) is 0 Å². The fraction of sp³-hybridized carbons (Fsp3) is 0.100. The summed E-state index contributed by atoms with van der Waals surface area (Å²) in [5, 5.41) is 18.0. The zero-order valence-electron chi connectivity index (χ0n) is 14.9. The lowest BCUT2D eigenvalue weighted by Crippen LogP contribution is -1.88. The van der Waals surface area contributed by atoms with Gasteiger partial charge in [0.1, 0.15) is 0 Å². The first-order valence-electron chi connectivity index (χ1n) is 8.73. The summed E-state index contributed by atoms with van der Waals surface area (Å²) in [6, 6.07) is 17.7. The lowest BCUT2D eigenvalue weighted by atomic mass is 10.2. The van der Waals surface area contributed by atoms with Crippen LogP contribution in [0.4, 0.5) is 0 Å². The Hall–Kier alpha value is -3.39. The average molecular weight is 389 g/mol. The highest BCUT2D eigenvalue weighted by Gasteiger charge is 2.20. The van der Waals surface area contributed by atoms with Gasteiger partial charge in [-0.3, -0.25) is 0 Å². The molecule has 0 spiro atoms. The number of H-pyrrole nitrogens is 1. The van der Waals surface area contributed by atoms with E-state index < -0.39 is 0 Å². The fourth-order valence-corrected chi connectivity index (χ4v) is 3.63. The average Bonchev–Trinajstić information content (AvgIpc) is 3.47. The molecule has 0 radical (unpaired) electrons. The molecule has 0 saturated heterocycles. The molecule has 2 aromatic carbocycles. The molecule has 1 unspecified atom stereocenters. The highest BCUT2D eigenvalue weighted by Crippen LogP contribution is 2.36. The molecule has 5 aromatic rings. The van der Waals surface area contributed by atoms with Crippen molar-refractivity contribution < 1.29 is 8.83 Å². The molecule has 0 fully saturated rings. The maximum atomic E-state index is 5.85. The summed E-state index contributed by atoms with van der Waals surface area (Å²) in [5.74, 6) is 1.48. The third-order valence-corrected chi connectivity index (χ3v) is 5.23. The van der Waals surface area contributed by atoms with E-state index in [9.17, 15) is 0 Å². The first-order valence-corrected chi connectivity index (χ1v) is 9.61. The third kappa shape index (κ3) is 3.07. The molecule has 8 heteroatoms. The van der Waals surface area contributed by atoms with Crippen LogP contribution in [0.3, 0.4) is 0 Å². The van der Waals surface area contributed by atoms with Crippen molar-refractivity contribution in [2.45, 2.75) is 17.4 Å². The van der Waals surface area contributed by atoms with Crippen molar-refractivity contribution in [1.82, 2.24) is 25.4 Å². The summed E-state index contributed by atoms with van der Waals surface area (Å²) in [4.78, 5) is 3.21. The van der Waals surface area contributed by atoms with Crippen LogP contribution in [0, 0.1) is 0 Å². The zero-order valence-corrected chi connectivity index (χ0v) is 15.7. The molecule has 0 aliphatic heterocycles. The van der Waals surface area contributed by atoms with Gasteiger partial charge in [0.15, 0.2) is 0 Å². The van der Waals surface area contributed by atoms with Crippen LogP contribution in [0.25, 0.3) is 33.8 Å². The predicted octanol–water partition coefficient (Wildman–Crippen LogP) is 5.12. The molecule has 0 aliphatic carbocycles. The molecular formula is C20H15N5O2S. The number of aromatic nitrogens is 5. The summed E-state index contributed by atoms with van der Waals surface area (Å²) >= 11 is 1.38. The van der Waals surface area contributed by atoms with E-state index in [2.05, 4.69) is 25.4 Å². The van der Waals surface area contributed by atoms with E-state index in [1.165, 1.54) is 11.8 Å². The Morgan fingerprint density at radius 1 is 0.857 bits per heavy atom. The van der Waals surface area contributed by atoms with Gasteiger partial charge >= 0.3 is 0 Å². The summed E-state index contributed by atoms with van der Waals surface area (Å²) in [6.45, 7) is 1.96. The van der Waals surface area contributed by atoms with E-state index in [0.29, 0.717) is 22.9 Å². The Bertz CT molecular complexity index is 1230. The Morgan fingerprint density at radius 3 is 2.54 bits per heavy atom. The standard InChI is InChI=1S/C20H15N5O2S/c1-12(17-22-23-18(26-17)13-7-3-2-4-8-13)28-20-25-24-19(27-20)15-11-21-16-10-6-5-9-14(15)16/h2-12,21H,1H3. The smallest absolute Gasteiger partial charge is 0.277 e. The van der Waals surface area contributed by atoms with Crippen LogP contribution in [0.15, 0.2) is 74.9 Å². The Morgan fingerprint density at radius 2 is 1.64 bits per heavy atom. The predicted molar refractivity (Wildman–Crippen MR) is 106 cm³/mol. The van der Waals surface area contributed by atoms with Crippen LogP contribution >= 0.6 is 11.8 Å². The number of aromatic amines is 1. The van der Waals surface area contributed by atoms with Crippen LogP contribution in [0.2, 0.25) is 0 Å². The summed E-state index contributed by atoms with van der Waals surface area (Å²) in [6.07, 6.45) is 1.88. The quantitative estimate of drug-likeness (QED) is 0.417. The number of benzene rings is 2. The topological polar surface area (TPSA) is 93.6 Å². The maximum Gasteiger partial charge on any atom is 0.277 e. The summed E-state index contributed by atoms with van der Waals surface area (Å²) < 4.78 is 11.7. The highest BCUT2D eigenvalue weighted by atomic mass is 32.2. The fourth-order valence-electron chi connectivity index (χ4n) is 2.91. The highest BCUT2D eigenvalue weighted by molar-refractivity contribution is 7.99. The molecule has 1 atom stereocenters. The van der Waals surface area contributed by atoms with Gasteiger partial charge in [0.25, 0.3) is 11.1 Å². The minimum atomic E-state index is -0.124. The number of thioether (sulfide) groups is 1. The van der Waals surface area contributed by atoms with Gasteiger partial charge in [-0.1, -0.05) is 48.2 Å². The molecule has 0 saturated carbocycles. The van der Waals surface area contributed by atoms with E-state index >= 15 is 0 Å². The van der Waals surface area contributed by atoms with Crippen molar-refractivity contribution >= 4 is 22.7 Å². The molecular weight excluding hydrogens is 374 g/mol. The number of fused-ring (bicyclic) bond motifs is 1. The molecule has 3 aromatic heterocycles. The van der Waals surface area contributed by atoms with Gasteiger partial charge in [-0.25, -0.2) is 0 Å². The molecule has 7 nitrogen and oxygen atoms in total. The zero-order chi connectivity index (χ0) is 18.9. The first-order chi connectivity index (χ1) is 13.8. The second kappa shape index (κ2) is 6.97. The van der Waals surface area contributed by atoms with Crippen LogP contribution < -0.4 is 0 Å². The Kier molecular flexibility index (Phi) is 4.17. The van der Waals surface area contributed by atoms with E-state index in [4.69, 9.17) is 8.83 Å². The molecule has 0 aliphatic rings. The number of hydrogen-bond donors (Lipinski definition) is 1. The lowest BCUT2D eigenvalue weighted by Gasteiger charge is -2.01. The van der Waals surface area contributed by atoms with Crippen molar-refractivity contribution in [1.29, 1.82) is 0 Å². The van der Waals surface area contributed by atoms with E-state index in [1.54, 1.807) is 0 Å². The lowest BCUT2D eigenvalue weighted by molar-refractivity contribution is 0.461. The number of hydrogen-bond acceptors (Lipinski definition) is 7. The second-order valence-corrected chi connectivity index (χ2v) is 7.48. The van der Waals surface area contributed by atoms with Gasteiger partial charge in [0.2, 0.25) is 11.8 Å². The van der Waals surface area contributed by atoms with E-state index in [0.717, 1.165) is 22.0 Å². The largest absolute Gasteiger partial charge is 0.419 e. The van der Waals surface area contributed by atoms with Gasteiger partial charge < -0.3 is 13.8 Å². The summed E-state index contributed by atoms with van der Waals surface area (Å²) in [5.41, 5.74) is 2.79.